The number of carbonyl (C=O) groups excluding carboxylic acids is 1. The van der Waals surface area contributed by atoms with E-state index in [1.807, 2.05) is 26.8 Å². The molecule has 2 rings (SSSR count). The van der Waals surface area contributed by atoms with E-state index in [9.17, 15) is 4.79 Å². The second-order valence-electron chi connectivity index (χ2n) is 5.58. The molecule has 0 atom stereocenters. The first-order valence-electron chi connectivity index (χ1n) is 6.16. The summed E-state index contributed by atoms with van der Waals surface area (Å²) >= 11 is 3.49. The van der Waals surface area contributed by atoms with Crippen molar-refractivity contribution < 1.29 is 9.53 Å². The highest BCUT2D eigenvalue weighted by Crippen LogP contribution is 2.32. The number of nitrogens with one attached hydrogen (secondary N) is 1. The zero-order valence-corrected chi connectivity index (χ0v) is 12.6. The minimum atomic E-state index is -0.479. The number of hydrogen-bond acceptors (Lipinski definition) is 2. The van der Waals surface area contributed by atoms with Crippen molar-refractivity contribution in [3.63, 3.8) is 0 Å². The van der Waals surface area contributed by atoms with Crippen molar-refractivity contribution in [3.8, 4) is 0 Å². The van der Waals surface area contributed by atoms with Crippen molar-refractivity contribution in [2.24, 2.45) is 0 Å². The molecule has 0 aliphatic heterocycles. The lowest BCUT2D eigenvalue weighted by atomic mass is 10.1. The molecule has 1 N–H and O–H groups in total. The Balaban J connectivity index is 2.12. The monoisotopic (exact) mass is 311 g/mol. The highest BCUT2D eigenvalue weighted by molar-refractivity contribution is 9.10. The van der Waals surface area contributed by atoms with Crippen LogP contribution in [0.2, 0.25) is 0 Å². The second kappa shape index (κ2) is 4.92. The number of anilines is 1. The maximum atomic E-state index is 11.7. The van der Waals surface area contributed by atoms with Gasteiger partial charge in [0.2, 0.25) is 0 Å². The summed E-state index contributed by atoms with van der Waals surface area (Å²) in [5.41, 5.74) is 3.00. The topological polar surface area (TPSA) is 38.3 Å². The van der Waals surface area contributed by atoms with E-state index in [1.54, 1.807) is 0 Å². The van der Waals surface area contributed by atoms with Crippen LogP contribution in [0, 0.1) is 0 Å². The van der Waals surface area contributed by atoms with Gasteiger partial charge in [-0.2, -0.15) is 0 Å². The molecule has 0 saturated heterocycles. The third-order valence-corrected chi connectivity index (χ3v) is 3.47. The van der Waals surface area contributed by atoms with Crippen molar-refractivity contribution >= 4 is 27.7 Å². The molecule has 0 spiro atoms. The standard InChI is InChI=1S/C14H18BrNO2/c1-14(2,3)18-13(17)16-12-8-10-6-4-5-9(10)7-11(12)15/h7-8H,4-6H2,1-3H3,(H,16,17). The third kappa shape index (κ3) is 3.25. The van der Waals surface area contributed by atoms with Crippen molar-refractivity contribution in [1.29, 1.82) is 0 Å². The number of halogens is 1. The highest BCUT2D eigenvalue weighted by Gasteiger charge is 2.19. The summed E-state index contributed by atoms with van der Waals surface area (Å²) < 4.78 is 6.16. The zero-order valence-electron chi connectivity index (χ0n) is 11.0. The van der Waals surface area contributed by atoms with E-state index in [4.69, 9.17) is 4.74 Å². The summed E-state index contributed by atoms with van der Waals surface area (Å²) in [6, 6.07) is 4.13. The number of benzene rings is 1. The molecule has 3 nitrogen and oxygen atoms in total. The van der Waals surface area contributed by atoms with Gasteiger partial charge < -0.3 is 4.74 Å². The van der Waals surface area contributed by atoms with Crippen molar-refractivity contribution in [1.82, 2.24) is 0 Å². The van der Waals surface area contributed by atoms with Gasteiger partial charge in [0.25, 0.3) is 0 Å². The summed E-state index contributed by atoms with van der Waals surface area (Å²) in [7, 11) is 0. The van der Waals surface area contributed by atoms with Crippen LogP contribution < -0.4 is 5.32 Å². The first-order chi connectivity index (χ1) is 8.35. The van der Waals surface area contributed by atoms with Gasteiger partial charge in [0.15, 0.2) is 0 Å². The molecule has 0 heterocycles. The molecule has 1 aromatic rings. The lowest BCUT2D eigenvalue weighted by Crippen LogP contribution is -2.27. The van der Waals surface area contributed by atoms with Gasteiger partial charge in [-0.25, -0.2) is 4.79 Å². The Morgan fingerprint density at radius 3 is 2.50 bits per heavy atom. The van der Waals surface area contributed by atoms with Crippen LogP contribution in [0.4, 0.5) is 10.5 Å². The van der Waals surface area contributed by atoms with Gasteiger partial charge in [0.1, 0.15) is 5.60 Å². The lowest BCUT2D eigenvalue weighted by molar-refractivity contribution is 0.0636. The van der Waals surface area contributed by atoms with E-state index >= 15 is 0 Å². The van der Waals surface area contributed by atoms with E-state index in [0.29, 0.717) is 0 Å². The van der Waals surface area contributed by atoms with Crippen molar-refractivity contribution in [2.45, 2.75) is 45.6 Å². The van der Waals surface area contributed by atoms with Crippen LogP contribution in [0.1, 0.15) is 38.3 Å². The fourth-order valence-corrected chi connectivity index (χ4v) is 2.59. The van der Waals surface area contributed by atoms with Gasteiger partial charge in [-0.1, -0.05) is 0 Å². The third-order valence-electron chi connectivity index (χ3n) is 2.82. The number of ether oxygens (including phenoxy) is 1. The van der Waals surface area contributed by atoms with Crippen LogP contribution in [0.3, 0.4) is 0 Å². The number of carbonyl (C=O) groups is 1. The smallest absolute Gasteiger partial charge is 0.412 e. The van der Waals surface area contributed by atoms with Crippen molar-refractivity contribution in [2.75, 3.05) is 5.32 Å². The fourth-order valence-electron chi connectivity index (χ4n) is 2.10. The van der Waals surface area contributed by atoms with Gasteiger partial charge in [-0.15, -0.1) is 0 Å². The fraction of sp³-hybridized carbons (Fsp3) is 0.500. The first-order valence-corrected chi connectivity index (χ1v) is 6.96. The Morgan fingerprint density at radius 2 is 1.89 bits per heavy atom. The van der Waals surface area contributed by atoms with Crippen LogP contribution in [-0.4, -0.2) is 11.7 Å². The predicted octanol–water partition coefficient (Wildman–Crippen LogP) is 4.28. The number of hydrogen-bond donors (Lipinski definition) is 1. The van der Waals surface area contributed by atoms with Gasteiger partial charge in [-0.05, 0) is 79.2 Å². The Labute approximate surface area is 116 Å². The minimum Gasteiger partial charge on any atom is -0.444 e. The van der Waals surface area contributed by atoms with Crippen LogP contribution >= 0.6 is 15.9 Å². The molecule has 98 valence electrons. The Morgan fingerprint density at radius 1 is 1.28 bits per heavy atom. The lowest BCUT2D eigenvalue weighted by Gasteiger charge is -2.20. The van der Waals surface area contributed by atoms with Crippen LogP contribution in [-0.2, 0) is 17.6 Å². The Kier molecular flexibility index (Phi) is 3.66. The SMILES string of the molecule is CC(C)(C)OC(=O)Nc1cc2c(cc1Br)CCC2. The van der Waals surface area contributed by atoms with Crippen LogP contribution in [0.5, 0.6) is 0 Å². The largest absolute Gasteiger partial charge is 0.444 e. The molecule has 1 aliphatic carbocycles. The molecule has 4 heteroatoms. The number of fused-ring (bicyclic) bond motifs is 1. The summed E-state index contributed by atoms with van der Waals surface area (Å²) in [5, 5.41) is 2.79. The average molecular weight is 312 g/mol. The second-order valence-corrected chi connectivity index (χ2v) is 6.44. The molecule has 0 saturated carbocycles. The predicted molar refractivity (Wildman–Crippen MR) is 76.0 cm³/mol. The molecule has 18 heavy (non-hydrogen) atoms. The summed E-state index contributed by atoms with van der Waals surface area (Å²) in [5.74, 6) is 0. The van der Waals surface area contributed by atoms with Crippen LogP contribution in [0.15, 0.2) is 16.6 Å². The Bertz CT molecular complexity index is 477. The molecule has 0 aromatic heterocycles. The maximum Gasteiger partial charge on any atom is 0.412 e. The Hall–Kier alpha value is -1.03. The molecule has 0 unspecified atom stereocenters. The van der Waals surface area contributed by atoms with E-state index in [-0.39, 0.29) is 0 Å². The molecular formula is C14H18BrNO2. The quantitative estimate of drug-likeness (QED) is 0.840. The van der Waals surface area contributed by atoms with E-state index < -0.39 is 11.7 Å². The highest BCUT2D eigenvalue weighted by atomic mass is 79.9. The minimum absolute atomic E-state index is 0.416. The van der Waals surface area contributed by atoms with Gasteiger partial charge >= 0.3 is 6.09 Å². The van der Waals surface area contributed by atoms with Crippen molar-refractivity contribution in [3.05, 3.63) is 27.7 Å². The summed E-state index contributed by atoms with van der Waals surface area (Å²) in [4.78, 5) is 11.7. The molecular weight excluding hydrogens is 294 g/mol. The number of aryl methyl sites for hydroxylation is 2. The molecule has 0 bridgehead atoms. The molecule has 1 aliphatic rings. The molecule has 1 amide bonds. The van der Waals surface area contributed by atoms with Gasteiger partial charge in [0.05, 0.1) is 5.69 Å². The average Bonchev–Trinajstić information content (AvgIpc) is 2.62. The number of amides is 1. The molecule has 0 fully saturated rings. The van der Waals surface area contributed by atoms with E-state index in [1.165, 1.54) is 17.5 Å². The summed E-state index contributed by atoms with van der Waals surface area (Å²) in [6.45, 7) is 5.55. The van der Waals surface area contributed by atoms with Gasteiger partial charge in [-0.3, -0.25) is 5.32 Å². The zero-order chi connectivity index (χ0) is 13.3. The van der Waals surface area contributed by atoms with E-state index in [2.05, 4.69) is 27.3 Å². The first kappa shape index (κ1) is 13.4. The number of rotatable bonds is 1. The summed E-state index contributed by atoms with van der Waals surface area (Å²) in [6.07, 6.45) is 2.99. The maximum absolute atomic E-state index is 11.7. The molecule has 1 aromatic carbocycles. The van der Waals surface area contributed by atoms with Crippen LogP contribution in [0.25, 0.3) is 0 Å². The normalized spacial score (nSPS) is 14.2. The molecule has 0 radical (unpaired) electrons. The van der Waals surface area contributed by atoms with Gasteiger partial charge in [0, 0.05) is 4.47 Å². The van der Waals surface area contributed by atoms with E-state index in [0.717, 1.165) is 23.0 Å².